The second-order valence-corrected chi connectivity index (χ2v) is 8.08. The highest BCUT2D eigenvalue weighted by molar-refractivity contribution is 8.06. The molecule has 1 saturated heterocycles. The van der Waals surface area contributed by atoms with Crippen molar-refractivity contribution < 1.29 is 0 Å². The van der Waals surface area contributed by atoms with Crippen molar-refractivity contribution in [2.45, 2.75) is 31.4 Å². The zero-order valence-electron chi connectivity index (χ0n) is 10.4. The molecule has 0 bridgehead atoms. The molecule has 0 spiro atoms. The van der Waals surface area contributed by atoms with Crippen molar-refractivity contribution in [2.24, 2.45) is 0 Å². The molecule has 1 atom stereocenters. The fourth-order valence-electron chi connectivity index (χ4n) is 1.68. The monoisotopic (exact) mass is 286 g/mol. The van der Waals surface area contributed by atoms with Crippen molar-refractivity contribution in [2.75, 3.05) is 17.3 Å². The maximum Gasteiger partial charge on any atom is 0.130 e. The zero-order valence-corrected chi connectivity index (χ0v) is 12.9. The summed E-state index contributed by atoms with van der Waals surface area (Å²) in [5.74, 6) is 4.65. The van der Waals surface area contributed by atoms with Gasteiger partial charge in [-0.2, -0.15) is 11.8 Å². The Morgan fingerprint density at radius 2 is 2.18 bits per heavy atom. The topological polar surface area (TPSA) is 28.7 Å². The normalized spacial score (nSPS) is 21.5. The average molecular weight is 286 g/mol. The Morgan fingerprint density at radius 1 is 1.41 bits per heavy atom. The van der Waals surface area contributed by atoms with Crippen LogP contribution in [0.4, 0.5) is 0 Å². The molecule has 1 aliphatic heterocycles. The highest BCUT2D eigenvalue weighted by Crippen LogP contribution is 2.35. The van der Waals surface area contributed by atoms with Crippen LogP contribution < -0.4 is 0 Å². The minimum atomic E-state index is 0.0950. The number of hydrogen-bond donors (Lipinski definition) is 1. The van der Waals surface area contributed by atoms with Crippen LogP contribution in [0.2, 0.25) is 0 Å². The number of thioether (sulfide) groups is 2. The van der Waals surface area contributed by atoms with Gasteiger partial charge in [0.1, 0.15) is 10.5 Å². The lowest BCUT2D eigenvalue weighted by atomic mass is 9.92. The van der Waals surface area contributed by atoms with Gasteiger partial charge < -0.3 is 4.98 Å². The fraction of sp³-hybridized carbons (Fsp3) is 0.667. The lowest BCUT2D eigenvalue weighted by molar-refractivity contribution is 0.561. The molecule has 1 unspecified atom stereocenters. The minimum Gasteiger partial charge on any atom is -0.346 e. The van der Waals surface area contributed by atoms with Gasteiger partial charge >= 0.3 is 0 Å². The van der Waals surface area contributed by atoms with E-state index in [1.165, 1.54) is 17.2 Å². The fourth-order valence-corrected chi connectivity index (χ4v) is 4.52. The van der Waals surface area contributed by atoms with Gasteiger partial charge in [-0.1, -0.05) is 33.0 Å². The van der Waals surface area contributed by atoms with Crippen molar-refractivity contribution in [1.82, 2.24) is 9.97 Å². The number of H-pyrrole nitrogens is 1. The van der Waals surface area contributed by atoms with Crippen LogP contribution in [0.3, 0.4) is 0 Å². The Labute approximate surface area is 116 Å². The van der Waals surface area contributed by atoms with Crippen LogP contribution >= 0.6 is 35.7 Å². The first-order valence-electron chi connectivity index (χ1n) is 5.78. The summed E-state index contributed by atoms with van der Waals surface area (Å²) in [5.41, 5.74) is 1.28. The van der Waals surface area contributed by atoms with Crippen LogP contribution in [0, 0.1) is 4.64 Å². The van der Waals surface area contributed by atoms with Gasteiger partial charge in [0.2, 0.25) is 0 Å². The van der Waals surface area contributed by atoms with E-state index in [9.17, 15) is 0 Å². The van der Waals surface area contributed by atoms with Gasteiger partial charge in [-0.15, -0.1) is 11.8 Å². The van der Waals surface area contributed by atoms with Crippen molar-refractivity contribution in [1.29, 1.82) is 0 Å². The highest BCUT2D eigenvalue weighted by Gasteiger charge is 2.21. The second kappa shape index (κ2) is 5.33. The summed E-state index contributed by atoms with van der Waals surface area (Å²) in [4.78, 5) is 7.98. The molecule has 2 nitrogen and oxygen atoms in total. The minimum absolute atomic E-state index is 0.0950. The van der Waals surface area contributed by atoms with E-state index in [4.69, 9.17) is 12.2 Å². The van der Waals surface area contributed by atoms with E-state index < -0.39 is 0 Å². The predicted molar refractivity (Wildman–Crippen MR) is 80.6 cm³/mol. The number of hydrogen-bond acceptors (Lipinski definition) is 4. The lowest BCUT2D eigenvalue weighted by Crippen LogP contribution is -2.18. The van der Waals surface area contributed by atoms with Gasteiger partial charge in [-0.25, -0.2) is 4.98 Å². The Hall–Kier alpha value is -0.0000000000000000555. The number of nitrogens with one attached hydrogen (secondary N) is 1. The number of nitrogens with zero attached hydrogens (tertiary/aromatic N) is 1. The molecule has 0 saturated carbocycles. The quantitative estimate of drug-likeness (QED) is 0.791. The summed E-state index contributed by atoms with van der Waals surface area (Å²) >= 11 is 9.26. The average Bonchev–Trinajstić information content (AvgIpc) is 2.28. The molecule has 2 rings (SSSR count). The van der Waals surface area contributed by atoms with Gasteiger partial charge in [-0.05, 0) is 6.07 Å². The summed E-state index contributed by atoms with van der Waals surface area (Å²) in [6.07, 6.45) is 0. The van der Waals surface area contributed by atoms with E-state index >= 15 is 0 Å². The standard InChI is InChI=1S/C12H18N2S3/c1-12(2,3)9-6-10(15)14-11(13-9)8-7-16-4-5-17-8/h6,8H,4-5,7H2,1-3H3,(H,13,14,15). The molecule has 17 heavy (non-hydrogen) atoms. The van der Waals surface area contributed by atoms with Crippen molar-refractivity contribution in [3.8, 4) is 0 Å². The molecule has 1 N–H and O–H groups in total. The molecule has 2 heterocycles. The molecule has 5 heteroatoms. The summed E-state index contributed by atoms with van der Waals surface area (Å²) in [5, 5.41) is 0.470. The first kappa shape index (κ1) is 13.4. The van der Waals surface area contributed by atoms with E-state index in [-0.39, 0.29) is 5.41 Å². The molecule has 1 aliphatic rings. The molecule has 94 valence electrons. The van der Waals surface area contributed by atoms with E-state index in [2.05, 4.69) is 30.7 Å². The third kappa shape index (κ3) is 3.48. The van der Waals surface area contributed by atoms with Crippen LogP contribution in [-0.4, -0.2) is 27.2 Å². The van der Waals surface area contributed by atoms with Gasteiger partial charge in [0.15, 0.2) is 0 Å². The molecule has 1 fully saturated rings. The van der Waals surface area contributed by atoms with E-state index in [0.717, 1.165) is 11.6 Å². The van der Waals surface area contributed by atoms with Crippen LogP contribution in [0.25, 0.3) is 0 Å². The predicted octanol–water partition coefficient (Wildman–Crippen LogP) is 3.96. The SMILES string of the molecule is CC(C)(C)c1cc(=S)nc(C2CSCCS2)[nH]1. The summed E-state index contributed by atoms with van der Waals surface area (Å²) < 4.78 is 0.708. The van der Waals surface area contributed by atoms with E-state index in [0.29, 0.717) is 9.89 Å². The number of rotatable bonds is 1. The second-order valence-electron chi connectivity index (χ2n) is 5.20. The van der Waals surface area contributed by atoms with Crippen molar-refractivity contribution >= 4 is 35.7 Å². The lowest BCUT2D eigenvalue weighted by Gasteiger charge is -2.24. The summed E-state index contributed by atoms with van der Waals surface area (Å²) in [7, 11) is 0. The third-order valence-corrected chi connectivity index (χ3v) is 5.66. The van der Waals surface area contributed by atoms with Gasteiger partial charge in [0.25, 0.3) is 0 Å². The molecular formula is C12H18N2S3. The van der Waals surface area contributed by atoms with Gasteiger partial charge in [0, 0.05) is 28.4 Å². The summed E-state index contributed by atoms with van der Waals surface area (Å²) in [6, 6.07) is 1.99. The molecule has 0 amide bonds. The van der Waals surface area contributed by atoms with Crippen LogP contribution in [0.5, 0.6) is 0 Å². The van der Waals surface area contributed by atoms with Crippen LogP contribution in [-0.2, 0) is 5.41 Å². The van der Waals surface area contributed by atoms with Crippen LogP contribution in [0.1, 0.15) is 37.5 Å². The van der Waals surface area contributed by atoms with E-state index in [1.54, 1.807) is 0 Å². The highest BCUT2D eigenvalue weighted by atomic mass is 32.2. The maximum absolute atomic E-state index is 5.28. The number of aromatic amines is 1. The molecule has 0 aliphatic carbocycles. The zero-order chi connectivity index (χ0) is 12.5. The maximum atomic E-state index is 5.28. The number of aromatic nitrogens is 2. The first-order chi connectivity index (χ1) is 7.97. The molecule has 0 radical (unpaired) electrons. The molecule has 1 aromatic rings. The van der Waals surface area contributed by atoms with Crippen molar-refractivity contribution in [3.05, 3.63) is 22.2 Å². The molecule has 0 aromatic carbocycles. The van der Waals surface area contributed by atoms with E-state index in [1.807, 2.05) is 29.6 Å². The largest absolute Gasteiger partial charge is 0.346 e. The molecule has 1 aromatic heterocycles. The van der Waals surface area contributed by atoms with Crippen molar-refractivity contribution in [3.63, 3.8) is 0 Å². The van der Waals surface area contributed by atoms with Gasteiger partial charge in [0.05, 0.1) is 5.25 Å². The summed E-state index contributed by atoms with van der Waals surface area (Å²) in [6.45, 7) is 6.58. The Kier molecular flexibility index (Phi) is 4.21. The Bertz CT molecular complexity index is 442. The third-order valence-electron chi connectivity index (χ3n) is 2.69. The Balaban J connectivity index is 2.34. The Morgan fingerprint density at radius 3 is 2.76 bits per heavy atom. The molecular weight excluding hydrogens is 268 g/mol. The van der Waals surface area contributed by atoms with Crippen LogP contribution in [0.15, 0.2) is 6.07 Å². The van der Waals surface area contributed by atoms with Gasteiger partial charge in [-0.3, -0.25) is 0 Å². The first-order valence-corrected chi connectivity index (χ1v) is 8.39. The smallest absolute Gasteiger partial charge is 0.130 e.